The Morgan fingerprint density at radius 3 is 2.64 bits per heavy atom. The smallest absolute Gasteiger partial charge is 0.125 e. The lowest BCUT2D eigenvalue weighted by Crippen LogP contribution is -2.27. The Labute approximate surface area is 127 Å². The van der Waals surface area contributed by atoms with E-state index in [0.717, 1.165) is 47.4 Å². The van der Waals surface area contributed by atoms with Gasteiger partial charge in [0.2, 0.25) is 0 Å². The summed E-state index contributed by atoms with van der Waals surface area (Å²) in [6.45, 7) is 1.73. The van der Waals surface area contributed by atoms with Gasteiger partial charge in [-0.2, -0.15) is 0 Å². The topological polar surface area (TPSA) is 8.17 Å². The van der Waals surface area contributed by atoms with Gasteiger partial charge < -0.3 is 9.47 Å². The van der Waals surface area contributed by atoms with E-state index in [9.17, 15) is 8.78 Å². The normalized spacial score (nSPS) is 15.2. The number of nitrogens with zero attached hydrogens (tertiary/aromatic N) is 2. The highest BCUT2D eigenvalue weighted by Crippen LogP contribution is 2.33. The highest BCUT2D eigenvalue weighted by molar-refractivity contribution is 5.87. The molecule has 0 spiro atoms. The Kier molecular flexibility index (Phi) is 3.01. The van der Waals surface area contributed by atoms with Crippen molar-refractivity contribution in [3.63, 3.8) is 0 Å². The zero-order chi connectivity index (χ0) is 15.3. The molecule has 2 nitrogen and oxygen atoms in total. The van der Waals surface area contributed by atoms with Gasteiger partial charge in [-0.1, -0.05) is 6.07 Å². The molecule has 0 amide bonds. The van der Waals surface area contributed by atoms with Crippen molar-refractivity contribution in [1.29, 1.82) is 0 Å². The van der Waals surface area contributed by atoms with Gasteiger partial charge >= 0.3 is 0 Å². The second-order valence-corrected chi connectivity index (χ2v) is 5.89. The van der Waals surface area contributed by atoms with Gasteiger partial charge in [-0.3, -0.25) is 0 Å². The summed E-state index contributed by atoms with van der Waals surface area (Å²) in [5.41, 5.74) is 4.03. The van der Waals surface area contributed by atoms with Gasteiger partial charge in [0.15, 0.2) is 0 Å². The molecule has 4 heteroatoms. The third-order valence-corrected chi connectivity index (χ3v) is 4.37. The Hall–Kier alpha value is -2.20. The molecular formula is C18H16F2N2. The van der Waals surface area contributed by atoms with E-state index in [1.54, 1.807) is 18.2 Å². The van der Waals surface area contributed by atoms with Crippen molar-refractivity contribution >= 4 is 10.9 Å². The van der Waals surface area contributed by atoms with E-state index >= 15 is 0 Å². The molecule has 22 heavy (non-hydrogen) atoms. The third-order valence-electron chi connectivity index (χ3n) is 4.37. The fraction of sp³-hybridized carbons (Fsp3) is 0.222. The van der Waals surface area contributed by atoms with Crippen LogP contribution in [0.15, 0.2) is 42.5 Å². The maximum atomic E-state index is 13.7. The number of aromatic nitrogens is 1. The predicted molar refractivity (Wildman–Crippen MR) is 83.2 cm³/mol. The van der Waals surface area contributed by atoms with Crippen LogP contribution in [0.4, 0.5) is 8.78 Å². The molecule has 0 bridgehead atoms. The first-order valence-corrected chi connectivity index (χ1v) is 7.39. The van der Waals surface area contributed by atoms with Gasteiger partial charge in [0.25, 0.3) is 0 Å². The number of benzene rings is 2. The Bertz CT molecular complexity index is 867. The third kappa shape index (κ3) is 2.03. The van der Waals surface area contributed by atoms with E-state index in [4.69, 9.17) is 0 Å². The van der Waals surface area contributed by atoms with Crippen LogP contribution in [0.2, 0.25) is 0 Å². The van der Waals surface area contributed by atoms with Crippen LogP contribution in [0.25, 0.3) is 16.6 Å². The number of likely N-dealkylation sites (N-methyl/N-ethyl adjacent to an activating group) is 1. The molecular weight excluding hydrogens is 282 g/mol. The van der Waals surface area contributed by atoms with E-state index in [1.807, 2.05) is 6.07 Å². The fourth-order valence-electron chi connectivity index (χ4n) is 3.38. The van der Waals surface area contributed by atoms with Crippen LogP contribution in [-0.2, 0) is 13.0 Å². The number of fused-ring (bicyclic) bond motifs is 3. The molecule has 2 aromatic carbocycles. The van der Waals surface area contributed by atoms with Crippen LogP contribution in [0.3, 0.4) is 0 Å². The molecule has 0 radical (unpaired) electrons. The van der Waals surface area contributed by atoms with Gasteiger partial charge in [0.05, 0.1) is 5.52 Å². The molecule has 4 rings (SSSR count). The SMILES string of the molecule is CN1CCc2c(c3cc(F)ccc3n2-c2cccc(F)c2)C1. The maximum Gasteiger partial charge on any atom is 0.125 e. The molecule has 0 N–H and O–H groups in total. The minimum absolute atomic E-state index is 0.236. The summed E-state index contributed by atoms with van der Waals surface area (Å²) >= 11 is 0. The zero-order valence-corrected chi connectivity index (χ0v) is 12.3. The average Bonchev–Trinajstić information content (AvgIpc) is 2.80. The van der Waals surface area contributed by atoms with Crippen molar-refractivity contribution in [2.75, 3.05) is 13.6 Å². The molecule has 1 aliphatic heterocycles. The molecule has 3 aromatic rings. The Morgan fingerprint density at radius 1 is 1.00 bits per heavy atom. The number of hydrogen-bond donors (Lipinski definition) is 0. The quantitative estimate of drug-likeness (QED) is 0.661. The number of halogens is 2. The van der Waals surface area contributed by atoms with E-state index in [1.165, 1.54) is 18.2 Å². The first-order valence-electron chi connectivity index (χ1n) is 7.39. The highest BCUT2D eigenvalue weighted by atomic mass is 19.1. The van der Waals surface area contributed by atoms with Gasteiger partial charge in [-0.15, -0.1) is 0 Å². The minimum Gasteiger partial charge on any atom is -0.313 e. The summed E-state index contributed by atoms with van der Waals surface area (Å²) in [6.07, 6.45) is 0.874. The Morgan fingerprint density at radius 2 is 1.82 bits per heavy atom. The van der Waals surface area contributed by atoms with Crippen molar-refractivity contribution in [2.24, 2.45) is 0 Å². The standard InChI is InChI=1S/C18H16F2N2/c1-21-8-7-18-16(11-21)15-10-13(20)5-6-17(15)22(18)14-4-2-3-12(19)9-14/h2-6,9-10H,7-8,11H2,1H3. The second-order valence-electron chi connectivity index (χ2n) is 5.89. The van der Waals surface area contributed by atoms with Crippen molar-refractivity contribution in [2.45, 2.75) is 13.0 Å². The molecule has 0 unspecified atom stereocenters. The van der Waals surface area contributed by atoms with Gasteiger partial charge in [0, 0.05) is 36.3 Å². The number of rotatable bonds is 1. The summed E-state index contributed by atoms with van der Waals surface area (Å²) in [5, 5.41) is 0.922. The summed E-state index contributed by atoms with van der Waals surface area (Å²) in [5.74, 6) is -0.497. The molecule has 1 aliphatic rings. The van der Waals surface area contributed by atoms with Crippen LogP contribution >= 0.6 is 0 Å². The summed E-state index contributed by atoms with van der Waals surface area (Å²) in [7, 11) is 2.06. The lowest BCUT2D eigenvalue weighted by molar-refractivity contribution is 0.311. The summed E-state index contributed by atoms with van der Waals surface area (Å²) in [6, 6.07) is 11.4. The van der Waals surface area contributed by atoms with Crippen LogP contribution in [0.1, 0.15) is 11.3 Å². The van der Waals surface area contributed by atoms with E-state index in [2.05, 4.69) is 16.5 Å². The van der Waals surface area contributed by atoms with Crippen LogP contribution in [0, 0.1) is 11.6 Å². The largest absolute Gasteiger partial charge is 0.313 e. The van der Waals surface area contributed by atoms with Crippen LogP contribution in [-0.4, -0.2) is 23.1 Å². The van der Waals surface area contributed by atoms with Crippen molar-refractivity contribution < 1.29 is 8.78 Å². The molecule has 0 fully saturated rings. The predicted octanol–water partition coefficient (Wildman–Crippen LogP) is 3.90. The fourth-order valence-corrected chi connectivity index (χ4v) is 3.38. The van der Waals surface area contributed by atoms with Gasteiger partial charge in [-0.05, 0) is 49.0 Å². The molecule has 0 saturated carbocycles. The van der Waals surface area contributed by atoms with Crippen molar-refractivity contribution in [3.05, 3.63) is 65.4 Å². The first kappa shape index (κ1) is 13.5. The molecule has 0 atom stereocenters. The summed E-state index contributed by atoms with van der Waals surface area (Å²) < 4.78 is 29.4. The lowest BCUT2D eigenvalue weighted by atomic mass is 10.0. The number of hydrogen-bond acceptors (Lipinski definition) is 1. The molecule has 112 valence electrons. The van der Waals surface area contributed by atoms with E-state index < -0.39 is 0 Å². The minimum atomic E-state index is -0.261. The van der Waals surface area contributed by atoms with E-state index in [-0.39, 0.29) is 11.6 Å². The van der Waals surface area contributed by atoms with Gasteiger partial charge in [-0.25, -0.2) is 8.78 Å². The average molecular weight is 298 g/mol. The van der Waals surface area contributed by atoms with Gasteiger partial charge in [0.1, 0.15) is 11.6 Å². The molecule has 0 aliphatic carbocycles. The first-order chi connectivity index (χ1) is 10.6. The summed E-state index contributed by atoms with van der Waals surface area (Å²) in [4.78, 5) is 2.22. The van der Waals surface area contributed by atoms with Crippen molar-refractivity contribution in [1.82, 2.24) is 9.47 Å². The van der Waals surface area contributed by atoms with Crippen molar-refractivity contribution in [3.8, 4) is 5.69 Å². The Balaban J connectivity index is 2.06. The second kappa shape index (κ2) is 4.92. The molecule has 1 aromatic heterocycles. The lowest BCUT2D eigenvalue weighted by Gasteiger charge is -2.24. The maximum absolute atomic E-state index is 13.7. The van der Waals surface area contributed by atoms with E-state index in [0.29, 0.717) is 0 Å². The monoisotopic (exact) mass is 298 g/mol. The highest BCUT2D eigenvalue weighted by Gasteiger charge is 2.23. The van der Waals surface area contributed by atoms with Crippen LogP contribution < -0.4 is 0 Å². The molecule has 2 heterocycles. The zero-order valence-electron chi connectivity index (χ0n) is 12.3. The van der Waals surface area contributed by atoms with Crippen LogP contribution in [0.5, 0.6) is 0 Å². The molecule has 0 saturated heterocycles.